The summed E-state index contributed by atoms with van der Waals surface area (Å²) in [5, 5.41) is 0. The first-order valence-corrected chi connectivity index (χ1v) is 8.90. The first kappa shape index (κ1) is 16.0. The van der Waals surface area contributed by atoms with Crippen LogP contribution < -0.4 is 4.90 Å². The van der Waals surface area contributed by atoms with Crippen molar-refractivity contribution in [3.05, 3.63) is 35.7 Å². The number of aryl methyl sites for hydroxylation is 1. The molecule has 2 aliphatic rings. The molecule has 6 heteroatoms. The summed E-state index contributed by atoms with van der Waals surface area (Å²) >= 11 is 0. The van der Waals surface area contributed by atoms with Gasteiger partial charge in [-0.2, -0.15) is 0 Å². The van der Waals surface area contributed by atoms with Crippen LogP contribution in [0.4, 0.5) is 5.82 Å². The Morgan fingerprint density at radius 3 is 2.96 bits per heavy atom. The number of anilines is 1. The summed E-state index contributed by atoms with van der Waals surface area (Å²) in [6, 6.07) is 5.78. The second-order valence-corrected chi connectivity index (χ2v) is 6.67. The van der Waals surface area contributed by atoms with Crippen LogP contribution in [0.2, 0.25) is 0 Å². The van der Waals surface area contributed by atoms with E-state index in [4.69, 9.17) is 14.7 Å². The summed E-state index contributed by atoms with van der Waals surface area (Å²) in [6.07, 6.45) is 6.71. The predicted molar refractivity (Wildman–Crippen MR) is 94.2 cm³/mol. The van der Waals surface area contributed by atoms with Crippen LogP contribution in [0, 0.1) is 5.92 Å². The molecule has 0 aromatic carbocycles. The number of pyridine rings is 1. The number of aromatic nitrogens is 3. The van der Waals surface area contributed by atoms with Crippen LogP contribution in [0.1, 0.15) is 30.5 Å². The molecule has 1 fully saturated rings. The van der Waals surface area contributed by atoms with E-state index in [0.717, 1.165) is 55.9 Å². The highest BCUT2D eigenvalue weighted by Crippen LogP contribution is 2.33. The number of nitrogens with zero attached hydrogens (tertiary/aromatic N) is 4. The smallest absolute Gasteiger partial charge is 0.310 e. The van der Waals surface area contributed by atoms with Gasteiger partial charge < -0.3 is 9.64 Å². The zero-order valence-electron chi connectivity index (χ0n) is 14.4. The Labute approximate surface area is 147 Å². The van der Waals surface area contributed by atoms with E-state index in [1.165, 1.54) is 12.7 Å². The van der Waals surface area contributed by atoms with Crippen molar-refractivity contribution < 1.29 is 9.53 Å². The van der Waals surface area contributed by atoms with E-state index < -0.39 is 0 Å². The highest BCUT2D eigenvalue weighted by Gasteiger charge is 2.30. The molecule has 2 aromatic rings. The minimum atomic E-state index is -0.125. The van der Waals surface area contributed by atoms with Gasteiger partial charge in [0, 0.05) is 30.5 Å². The van der Waals surface area contributed by atoms with E-state index in [1.807, 2.05) is 18.2 Å². The van der Waals surface area contributed by atoms with Crippen LogP contribution in [0.25, 0.3) is 11.5 Å². The minimum Gasteiger partial charge on any atom is -0.469 e. The average molecular weight is 338 g/mol. The van der Waals surface area contributed by atoms with E-state index in [0.29, 0.717) is 12.4 Å². The van der Waals surface area contributed by atoms with Gasteiger partial charge in [-0.1, -0.05) is 6.07 Å². The van der Waals surface area contributed by atoms with Crippen molar-refractivity contribution in [3.8, 4) is 11.5 Å². The lowest BCUT2D eigenvalue weighted by Crippen LogP contribution is -2.40. The second-order valence-electron chi connectivity index (χ2n) is 6.67. The number of carbonyl (C=O) groups excluding carboxylic acids is 1. The van der Waals surface area contributed by atoms with Gasteiger partial charge in [0.15, 0.2) is 5.82 Å². The number of hydrogen-bond acceptors (Lipinski definition) is 6. The molecular formula is C19H22N4O2. The molecule has 1 aliphatic heterocycles. The van der Waals surface area contributed by atoms with Crippen molar-refractivity contribution in [1.29, 1.82) is 0 Å². The molecule has 2 aromatic heterocycles. The van der Waals surface area contributed by atoms with Gasteiger partial charge in [0.05, 0.1) is 13.0 Å². The SMILES string of the molecule is COC(=O)[C@H]1CCCN(c2nc(-c3ccccn3)nc3c2CCC3)C1. The fourth-order valence-corrected chi connectivity index (χ4v) is 3.81. The lowest BCUT2D eigenvalue weighted by molar-refractivity contribution is -0.145. The van der Waals surface area contributed by atoms with Crippen LogP contribution in [0.15, 0.2) is 24.4 Å². The molecule has 6 nitrogen and oxygen atoms in total. The summed E-state index contributed by atoms with van der Waals surface area (Å²) in [7, 11) is 1.46. The summed E-state index contributed by atoms with van der Waals surface area (Å²) in [6.45, 7) is 1.58. The van der Waals surface area contributed by atoms with Crippen molar-refractivity contribution in [3.63, 3.8) is 0 Å². The third-order valence-electron chi connectivity index (χ3n) is 5.06. The lowest BCUT2D eigenvalue weighted by Gasteiger charge is -2.33. The number of carbonyl (C=O) groups is 1. The topological polar surface area (TPSA) is 68.2 Å². The lowest BCUT2D eigenvalue weighted by atomic mass is 9.97. The fraction of sp³-hybridized carbons (Fsp3) is 0.474. The molecule has 1 aliphatic carbocycles. The van der Waals surface area contributed by atoms with E-state index in [2.05, 4.69) is 9.88 Å². The Morgan fingerprint density at radius 2 is 2.16 bits per heavy atom. The standard InChI is InChI=1S/C19H22N4O2/c1-25-19(24)13-6-5-11-23(12-13)18-14-7-4-9-15(14)21-17(22-18)16-8-2-3-10-20-16/h2-3,8,10,13H,4-7,9,11-12H2,1H3/t13-/m0/s1. The fourth-order valence-electron chi connectivity index (χ4n) is 3.81. The number of esters is 1. The summed E-state index contributed by atoms with van der Waals surface area (Å²) in [5.74, 6) is 1.46. The zero-order valence-corrected chi connectivity index (χ0v) is 14.4. The molecule has 0 saturated carbocycles. The molecule has 1 atom stereocenters. The van der Waals surface area contributed by atoms with E-state index >= 15 is 0 Å². The van der Waals surface area contributed by atoms with E-state index in [-0.39, 0.29) is 11.9 Å². The minimum absolute atomic E-state index is 0.0796. The summed E-state index contributed by atoms with van der Waals surface area (Å²) in [5.41, 5.74) is 3.16. The Balaban J connectivity index is 1.71. The number of piperidine rings is 1. The van der Waals surface area contributed by atoms with Gasteiger partial charge in [0.2, 0.25) is 0 Å². The van der Waals surface area contributed by atoms with Gasteiger partial charge in [0.25, 0.3) is 0 Å². The number of hydrogen-bond donors (Lipinski definition) is 0. The predicted octanol–water partition coefficient (Wildman–Crippen LogP) is 2.42. The van der Waals surface area contributed by atoms with Crippen LogP contribution in [-0.2, 0) is 22.4 Å². The van der Waals surface area contributed by atoms with Gasteiger partial charge >= 0.3 is 5.97 Å². The van der Waals surface area contributed by atoms with Crippen LogP contribution in [0.3, 0.4) is 0 Å². The number of ether oxygens (including phenoxy) is 1. The monoisotopic (exact) mass is 338 g/mol. The first-order chi connectivity index (χ1) is 12.3. The van der Waals surface area contributed by atoms with Crippen molar-refractivity contribution in [2.75, 3.05) is 25.1 Å². The molecule has 0 spiro atoms. The number of fused-ring (bicyclic) bond motifs is 1. The molecular weight excluding hydrogens is 316 g/mol. The van der Waals surface area contributed by atoms with Gasteiger partial charge in [-0.05, 0) is 44.2 Å². The van der Waals surface area contributed by atoms with Gasteiger partial charge in [-0.25, -0.2) is 9.97 Å². The Morgan fingerprint density at radius 1 is 1.24 bits per heavy atom. The number of methoxy groups -OCH3 is 1. The molecule has 130 valence electrons. The third kappa shape index (κ3) is 3.08. The maximum Gasteiger partial charge on any atom is 0.310 e. The normalized spacial score (nSPS) is 19.6. The highest BCUT2D eigenvalue weighted by molar-refractivity contribution is 5.73. The van der Waals surface area contributed by atoms with E-state index in [9.17, 15) is 4.79 Å². The van der Waals surface area contributed by atoms with Gasteiger partial charge in [0.1, 0.15) is 11.5 Å². The van der Waals surface area contributed by atoms with Crippen LogP contribution in [0.5, 0.6) is 0 Å². The van der Waals surface area contributed by atoms with Crippen molar-refractivity contribution in [2.45, 2.75) is 32.1 Å². The number of rotatable bonds is 3. The summed E-state index contributed by atoms with van der Waals surface area (Å²) in [4.78, 5) is 28.2. The second kappa shape index (κ2) is 6.78. The highest BCUT2D eigenvalue weighted by atomic mass is 16.5. The molecule has 0 radical (unpaired) electrons. The Bertz CT molecular complexity index is 778. The molecule has 0 N–H and O–H groups in total. The van der Waals surface area contributed by atoms with Crippen LogP contribution in [-0.4, -0.2) is 41.1 Å². The maximum atomic E-state index is 12.0. The average Bonchev–Trinajstić information content (AvgIpc) is 3.16. The Kier molecular flexibility index (Phi) is 4.34. The zero-order chi connectivity index (χ0) is 17.2. The first-order valence-electron chi connectivity index (χ1n) is 8.90. The molecule has 1 saturated heterocycles. The van der Waals surface area contributed by atoms with Gasteiger partial charge in [-0.15, -0.1) is 0 Å². The van der Waals surface area contributed by atoms with Gasteiger partial charge in [-0.3, -0.25) is 9.78 Å². The summed E-state index contributed by atoms with van der Waals surface area (Å²) < 4.78 is 4.95. The molecule has 0 amide bonds. The molecule has 0 unspecified atom stereocenters. The quantitative estimate of drug-likeness (QED) is 0.801. The van der Waals surface area contributed by atoms with Crippen molar-refractivity contribution in [1.82, 2.24) is 15.0 Å². The molecule has 0 bridgehead atoms. The van der Waals surface area contributed by atoms with E-state index in [1.54, 1.807) is 6.20 Å². The molecule has 3 heterocycles. The third-order valence-corrected chi connectivity index (χ3v) is 5.06. The molecule has 4 rings (SSSR count). The molecule has 25 heavy (non-hydrogen) atoms. The van der Waals surface area contributed by atoms with Crippen molar-refractivity contribution in [2.24, 2.45) is 5.92 Å². The largest absolute Gasteiger partial charge is 0.469 e. The van der Waals surface area contributed by atoms with Crippen LogP contribution >= 0.6 is 0 Å². The van der Waals surface area contributed by atoms with Crippen molar-refractivity contribution >= 4 is 11.8 Å². The maximum absolute atomic E-state index is 12.0. The Hall–Kier alpha value is -2.50.